The molecule has 0 radical (unpaired) electrons. The van der Waals surface area contributed by atoms with Crippen LogP contribution in [-0.2, 0) is 4.74 Å². The van der Waals surface area contributed by atoms with Gasteiger partial charge < -0.3 is 20.3 Å². The molecule has 0 spiro atoms. The highest BCUT2D eigenvalue weighted by molar-refractivity contribution is 7.14. The van der Waals surface area contributed by atoms with Crippen LogP contribution in [0, 0.1) is 0 Å². The normalized spacial score (nSPS) is 16.2. The van der Waals surface area contributed by atoms with E-state index in [4.69, 9.17) is 9.73 Å². The summed E-state index contributed by atoms with van der Waals surface area (Å²) in [5, 5.41) is 10.5. The SMILES string of the molecule is CCCCOCCCN=C(NCC)NC1CCN(c2cccs2)CC1. The zero-order valence-electron chi connectivity index (χ0n) is 15.8. The van der Waals surface area contributed by atoms with Crippen molar-refractivity contribution in [3.05, 3.63) is 17.5 Å². The molecule has 1 aromatic rings. The molecule has 1 saturated heterocycles. The zero-order chi connectivity index (χ0) is 17.7. The molecule has 5 nitrogen and oxygen atoms in total. The molecule has 142 valence electrons. The van der Waals surface area contributed by atoms with Crippen molar-refractivity contribution in [2.24, 2.45) is 4.99 Å². The molecule has 0 bridgehead atoms. The van der Waals surface area contributed by atoms with E-state index in [0.717, 1.165) is 71.0 Å². The third-order valence-corrected chi connectivity index (χ3v) is 5.29. The summed E-state index contributed by atoms with van der Waals surface area (Å²) in [6.07, 6.45) is 5.64. The third-order valence-electron chi connectivity index (χ3n) is 4.36. The van der Waals surface area contributed by atoms with E-state index in [-0.39, 0.29) is 0 Å². The monoisotopic (exact) mass is 366 g/mol. The molecule has 0 aliphatic carbocycles. The molecule has 2 N–H and O–H groups in total. The van der Waals surface area contributed by atoms with Gasteiger partial charge in [0.05, 0.1) is 5.00 Å². The molecule has 0 amide bonds. The lowest BCUT2D eigenvalue weighted by atomic mass is 10.1. The van der Waals surface area contributed by atoms with Gasteiger partial charge in [-0.15, -0.1) is 11.3 Å². The molecule has 0 atom stereocenters. The van der Waals surface area contributed by atoms with E-state index in [1.165, 1.54) is 11.4 Å². The molecule has 25 heavy (non-hydrogen) atoms. The van der Waals surface area contributed by atoms with Crippen LogP contribution in [0.5, 0.6) is 0 Å². The van der Waals surface area contributed by atoms with Crippen LogP contribution in [0.25, 0.3) is 0 Å². The average Bonchev–Trinajstić information content (AvgIpc) is 3.16. The van der Waals surface area contributed by atoms with Gasteiger partial charge in [-0.05, 0) is 50.1 Å². The van der Waals surface area contributed by atoms with Crippen LogP contribution in [-0.4, -0.2) is 51.4 Å². The van der Waals surface area contributed by atoms with E-state index in [0.29, 0.717) is 6.04 Å². The van der Waals surface area contributed by atoms with E-state index in [1.807, 2.05) is 11.3 Å². The number of thiophene rings is 1. The summed E-state index contributed by atoms with van der Waals surface area (Å²) in [5.41, 5.74) is 0. The largest absolute Gasteiger partial charge is 0.381 e. The lowest BCUT2D eigenvalue weighted by Crippen LogP contribution is -2.48. The molecule has 2 rings (SSSR count). The van der Waals surface area contributed by atoms with Gasteiger partial charge in [-0.2, -0.15) is 0 Å². The molecule has 0 aromatic carbocycles. The van der Waals surface area contributed by atoms with E-state index < -0.39 is 0 Å². The average molecular weight is 367 g/mol. The van der Waals surface area contributed by atoms with Gasteiger partial charge in [0.15, 0.2) is 5.96 Å². The van der Waals surface area contributed by atoms with Gasteiger partial charge in [0.25, 0.3) is 0 Å². The minimum atomic E-state index is 0.509. The van der Waals surface area contributed by atoms with Gasteiger partial charge in [0.2, 0.25) is 0 Å². The fourth-order valence-corrected chi connectivity index (χ4v) is 3.70. The van der Waals surface area contributed by atoms with Crippen molar-refractivity contribution in [3.63, 3.8) is 0 Å². The second kappa shape index (κ2) is 12.1. The summed E-state index contributed by atoms with van der Waals surface area (Å²) < 4.78 is 5.60. The minimum Gasteiger partial charge on any atom is -0.381 e. The van der Waals surface area contributed by atoms with Crippen molar-refractivity contribution in [3.8, 4) is 0 Å². The molecule has 1 aliphatic rings. The number of nitrogens with one attached hydrogen (secondary N) is 2. The van der Waals surface area contributed by atoms with Gasteiger partial charge in [0, 0.05) is 45.4 Å². The quantitative estimate of drug-likeness (QED) is 0.378. The lowest BCUT2D eigenvalue weighted by Gasteiger charge is -2.33. The predicted molar refractivity (Wildman–Crippen MR) is 109 cm³/mol. The number of nitrogens with zero attached hydrogens (tertiary/aromatic N) is 2. The third kappa shape index (κ3) is 7.65. The highest BCUT2D eigenvalue weighted by atomic mass is 32.1. The van der Waals surface area contributed by atoms with Crippen molar-refractivity contribution in [1.82, 2.24) is 10.6 Å². The summed E-state index contributed by atoms with van der Waals surface area (Å²) in [4.78, 5) is 7.18. The first kappa shape index (κ1) is 20.0. The fraction of sp³-hybridized carbons (Fsp3) is 0.737. The Morgan fingerprint density at radius 2 is 2.08 bits per heavy atom. The van der Waals surface area contributed by atoms with Crippen LogP contribution in [0.15, 0.2) is 22.5 Å². The van der Waals surface area contributed by atoms with Gasteiger partial charge in [-0.1, -0.05) is 13.3 Å². The summed E-state index contributed by atoms with van der Waals surface area (Å²) in [7, 11) is 0. The highest BCUT2D eigenvalue weighted by Gasteiger charge is 2.20. The van der Waals surface area contributed by atoms with Gasteiger partial charge >= 0.3 is 0 Å². The minimum absolute atomic E-state index is 0.509. The number of piperidine rings is 1. The van der Waals surface area contributed by atoms with Crippen LogP contribution >= 0.6 is 11.3 Å². The molecule has 6 heteroatoms. The van der Waals surface area contributed by atoms with Gasteiger partial charge in [-0.3, -0.25) is 4.99 Å². The molecule has 0 unspecified atom stereocenters. The lowest BCUT2D eigenvalue weighted by molar-refractivity contribution is 0.130. The van der Waals surface area contributed by atoms with Crippen LogP contribution < -0.4 is 15.5 Å². The number of guanidine groups is 1. The van der Waals surface area contributed by atoms with E-state index in [2.05, 4.69) is 46.9 Å². The highest BCUT2D eigenvalue weighted by Crippen LogP contribution is 2.24. The predicted octanol–water partition coefficient (Wildman–Crippen LogP) is 3.48. The molecular formula is C19H34N4OS. The maximum Gasteiger partial charge on any atom is 0.191 e. The second-order valence-corrected chi connectivity index (χ2v) is 7.36. The topological polar surface area (TPSA) is 48.9 Å². The first-order valence-electron chi connectivity index (χ1n) is 9.74. The van der Waals surface area contributed by atoms with E-state index >= 15 is 0 Å². The van der Waals surface area contributed by atoms with Crippen molar-refractivity contribution in [2.75, 3.05) is 44.3 Å². The molecule has 1 aliphatic heterocycles. The summed E-state index contributed by atoms with van der Waals surface area (Å²) in [6, 6.07) is 4.86. The number of anilines is 1. The molecule has 1 fully saturated rings. The van der Waals surface area contributed by atoms with Crippen molar-refractivity contribution in [1.29, 1.82) is 0 Å². The van der Waals surface area contributed by atoms with Crippen LogP contribution in [0.4, 0.5) is 5.00 Å². The zero-order valence-corrected chi connectivity index (χ0v) is 16.6. The molecular weight excluding hydrogens is 332 g/mol. The molecule has 0 saturated carbocycles. The number of unbranched alkanes of at least 4 members (excludes halogenated alkanes) is 1. The maximum absolute atomic E-state index is 5.60. The van der Waals surface area contributed by atoms with Crippen LogP contribution in [0.1, 0.15) is 46.0 Å². The maximum atomic E-state index is 5.60. The molecule has 2 heterocycles. The number of aliphatic imine (C=N–C) groups is 1. The van der Waals surface area contributed by atoms with Gasteiger partial charge in [0.1, 0.15) is 0 Å². The Labute approximate surface area is 156 Å². The second-order valence-electron chi connectivity index (χ2n) is 6.44. The first-order valence-corrected chi connectivity index (χ1v) is 10.6. The Balaban J connectivity index is 1.67. The standard InChI is InChI=1S/C19H34N4OS/c1-3-5-14-24-15-7-11-21-19(20-4-2)22-17-9-12-23(13-10-17)18-8-6-16-25-18/h6,8,16-17H,3-5,7,9-15H2,1-2H3,(H2,20,21,22). The Morgan fingerprint density at radius 1 is 1.28 bits per heavy atom. The van der Waals surface area contributed by atoms with Crippen molar-refractivity contribution < 1.29 is 4.74 Å². The Kier molecular flexibility index (Phi) is 9.74. The number of hydrogen-bond acceptors (Lipinski definition) is 4. The smallest absolute Gasteiger partial charge is 0.191 e. The summed E-state index contributed by atoms with van der Waals surface area (Å²) >= 11 is 1.83. The number of ether oxygens (including phenoxy) is 1. The van der Waals surface area contributed by atoms with Crippen molar-refractivity contribution in [2.45, 2.75) is 52.0 Å². The fourth-order valence-electron chi connectivity index (χ4n) is 2.91. The summed E-state index contributed by atoms with van der Waals surface area (Å²) in [5.74, 6) is 0.950. The van der Waals surface area contributed by atoms with E-state index in [9.17, 15) is 0 Å². The van der Waals surface area contributed by atoms with Crippen LogP contribution in [0.3, 0.4) is 0 Å². The number of hydrogen-bond donors (Lipinski definition) is 2. The Morgan fingerprint density at radius 3 is 2.76 bits per heavy atom. The van der Waals surface area contributed by atoms with Gasteiger partial charge in [-0.25, -0.2) is 0 Å². The Hall–Kier alpha value is -1.27. The molecule has 1 aromatic heterocycles. The summed E-state index contributed by atoms with van der Waals surface area (Å²) in [6.45, 7) is 9.93. The first-order chi connectivity index (χ1) is 12.3. The Bertz CT molecular complexity index is 470. The van der Waals surface area contributed by atoms with Crippen LogP contribution in [0.2, 0.25) is 0 Å². The van der Waals surface area contributed by atoms with Crippen molar-refractivity contribution >= 4 is 22.3 Å². The van der Waals surface area contributed by atoms with E-state index in [1.54, 1.807) is 0 Å². The number of rotatable bonds is 10.